The van der Waals surface area contributed by atoms with Crippen LogP contribution >= 0.6 is 12.2 Å². The largest absolute Gasteiger partial charge is 0.462 e. The SMILES string of the molecule is CCOC(=O)c1ccc(NC(=O)C[C@H]2C(=O)N(c3ccc(C)cc3)C(=S)N2Cc2ccccc2F)cc1. The van der Waals surface area contributed by atoms with Crippen molar-refractivity contribution in [2.45, 2.75) is 32.9 Å². The molecule has 1 N–H and O–H groups in total. The van der Waals surface area contributed by atoms with Gasteiger partial charge in [-0.15, -0.1) is 0 Å². The average Bonchev–Trinajstić information content (AvgIpc) is 3.10. The van der Waals surface area contributed by atoms with E-state index in [0.717, 1.165) is 5.56 Å². The molecule has 3 aromatic carbocycles. The summed E-state index contributed by atoms with van der Waals surface area (Å²) in [5.74, 6) is -1.66. The van der Waals surface area contributed by atoms with Crippen LogP contribution in [0.1, 0.15) is 34.8 Å². The highest BCUT2D eigenvalue weighted by atomic mass is 32.1. The summed E-state index contributed by atoms with van der Waals surface area (Å²) in [7, 11) is 0. The molecule has 0 spiro atoms. The Kier molecular flexibility index (Phi) is 7.93. The number of esters is 1. The number of benzene rings is 3. The second-order valence-corrected chi connectivity index (χ2v) is 8.94. The van der Waals surface area contributed by atoms with Crippen molar-refractivity contribution in [1.29, 1.82) is 0 Å². The fourth-order valence-corrected chi connectivity index (χ4v) is 4.43. The van der Waals surface area contributed by atoms with Crippen molar-refractivity contribution in [2.24, 2.45) is 0 Å². The zero-order chi connectivity index (χ0) is 26.5. The molecule has 1 aliphatic rings. The predicted molar refractivity (Wildman–Crippen MR) is 143 cm³/mol. The van der Waals surface area contributed by atoms with Gasteiger partial charge in [0, 0.05) is 17.8 Å². The highest BCUT2D eigenvalue weighted by Crippen LogP contribution is 2.29. The number of aryl methyl sites for hydroxylation is 1. The van der Waals surface area contributed by atoms with Crippen LogP contribution in [0.5, 0.6) is 0 Å². The third-order valence-corrected chi connectivity index (χ3v) is 6.38. The van der Waals surface area contributed by atoms with E-state index in [0.29, 0.717) is 22.5 Å². The minimum atomic E-state index is -0.924. The summed E-state index contributed by atoms with van der Waals surface area (Å²) < 4.78 is 19.4. The lowest BCUT2D eigenvalue weighted by Crippen LogP contribution is -2.37. The number of nitrogens with zero attached hydrogens (tertiary/aromatic N) is 2. The zero-order valence-corrected chi connectivity index (χ0v) is 21.3. The Morgan fingerprint density at radius 2 is 1.70 bits per heavy atom. The minimum absolute atomic E-state index is 0.0335. The van der Waals surface area contributed by atoms with Crippen LogP contribution in [0.3, 0.4) is 0 Å². The normalized spacial score (nSPS) is 15.2. The van der Waals surface area contributed by atoms with E-state index in [-0.39, 0.29) is 30.6 Å². The molecule has 4 rings (SSSR count). The molecule has 0 saturated carbocycles. The van der Waals surface area contributed by atoms with Gasteiger partial charge in [0.1, 0.15) is 11.9 Å². The van der Waals surface area contributed by atoms with Gasteiger partial charge < -0.3 is 15.0 Å². The molecule has 0 radical (unpaired) electrons. The number of halogens is 1. The van der Waals surface area contributed by atoms with Crippen molar-refractivity contribution in [3.8, 4) is 0 Å². The molecule has 1 saturated heterocycles. The molecule has 3 aromatic rings. The summed E-state index contributed by atoms with van der Waals surface area (Å²) in [6, 6.07) is 18.9. The van der Waals surface area contributed by atoms with Crippen molar-refractivity contribution in [3.63, 3.8) is 0 Å². The number of carbonyl (C=O) groups is 3. The first-order valence-corrected chi connectivity index (χ1v) is 12.2. The summed E-state index contributed by atoms with van der Waals surface area (Å²) in [4.78, 5) is 41.3. The quantitative estimate of drug-likeness (QED) is 0.339. The third kappa shape index (κ3) is 5.83. The first kappa shape index (κ1) is 26.0. The second-order valence-electron chi connectivity index (χ2n) is 8.58. The number of nitrogens with one attached hydrogen (secondary N) is 1. The topological polar surface area (TPSA) is 78.9 Å². The Labute approximate surface area is 219 Å². The molecule has 190 valence electrons. The number of thiocarbonyl (C=S) groups is 1. The minimum Gasteiger partial charge on any atom is -0.462 e. The molecule has 37 heavy (non-hydrogen) atoms. The van der Waals surface area contributed by atoms with Crippen LogP contribution in [0.25, 0.3) is 0 Å². The van der Waals surface area contributed by atoms with Gasteiger partial charge in [0.25, 0.3) is 5.91 Å². The maximum Gasteiger partial charge on any atom is 0.338 e. The summed E-state index contributed by atoms with van der Waals surface area (Å²) in [5.41, 5.74) is 2.79. The zero-order valence-electron chi connectivity index (χ0n) is 20.4. The third-order valence-electron chi connectivity index (χ3n) is 5.97. The summed E-state index contributed by atoms with van der Waals surface area (Å²) in [6.45, 7) is 3.95. The van der Waals surface area contributed by atoms with Crippen LogP contribution in [0.2, 0.25) is 0 Å². The van der Waals surface area contributed by atoms with E-state index < -0.39 is 23.7 Å². The van der Waals surface area contributed by atoms with Gasteiger partial charge in [-0.1, -0.05) is 35.9 Å². The van der Waals surface area contributed by atoms with E-state index in [2.05, 4.69) is 5.32 Å². The van der Waals surface area contributed by atoms with Gasteiger partial charge in [-0.2, -0.15) is 0 Å². The molecule has 2 amide bonds. The van der Waals surface area contributed by atoms with Gasteiger partial charge in [-0.3, -0.25) is 14.5 Å². The van der Waals surface area contributed by atoms with Crippen molar-refractivity contribution in [1.82, 2.24) is 4.90 Å². The van der Waals surface area contributed by atoms with Gasteiger partial charge in [0.2, 0.25) is 5.91 Å². The Bertz CT molecular complexity index is 1330. The molecule has 0 aromatic heterocycles. The molecule has 9 heteroatoms. The Balaban J connectivity index is 1.55. The van der Waals surface area contributed by atoms with Crippen LogP contribution < -0.4 is 10.2 Å². The fourth-order valence-electron chi connectivity index (χ4n) is 4.05. The lowest BCUT2D eigenvalue weighted by Gasteiger charge is -2.24. The van der Waals surface area contributed by atoms with Crippen LogP contribution in [0.4, 0.5) is 15.8 Å². The lowest BCUT2D eigenvalue weighted by molar-refractivity contribution is -0.124. The van der Waals surface area contributed by atoms with Crippen molar-refractivity contribution < 1.29 is 23.5 Å². The van der Waals surface area contributed by atoms with Crippen LogP contribution in [0, 0.1) is 12.7 Å². The number of rotatable bonds is 8. The number of ether oxygens (including phenoxy) is 1. The van der Waals surface area contributed by atoms with E-state index in [1.54, 1.807) is 66.4 Å². The van der Waals surface area contributed by atoms with Crippen molar-refractivity contribution >= 4 is 46.5 Å². The Hall–Kier alpha value is -4.11. The number of carbonyl (C=O) groups excluding carboxylic acids is 3. The summed E-state index contributed by atoms with van der Waals surface area (Å²) in [6.07, 6.45) is -0.199. The summed E-state index contributed by atoms with van der Waals surface area (Å²) in [5, 5.41) is 2.96. The lowest BCUT2D eigenvalue weighted by atomic mass is 10.1. The fraction of sp³-hybridized carbons (Fsp3) is 0.214. The van der Waals surface area contributed by atoms with Gasteiger partial charge in [0.15, 0.2) is 5.11 Å². The number of anilines is 2. The van der Waals surface area contributed by atoms with Gasteiger partial charge in [-0.05, 0) is 68.5 Å². The van der Waals surface area contributed by atoms with Crippen LogP contribution in [-0.2, 0) is 20.9 Å². The molecule has 1 atom stereocenters. The van der Waals surface area contributed by atoms with Gasteiger partial charge >= 0.3 is 5.97 Å². The molecule has 7 nitrogen and oxygen atoms in total. The highest BCUT2D eigenvalue weighted by molar-refractivity contribution is 7.80. The van der Waals surface area contributed by atoms with Crippen molar-refractivity contribution in [3.05, 3.63) is 95.3 Å². The smallest absolute Gasteiger partial charge is 0.338 e. The van der Waals surface area contributed by atoms with E-state index in [9.17, 15) is 18.8 Å². The maximum absolute atomic E-state index is 14.5. The Morgan fingerprint density at radius 3 is 2.35 bits per heavy atom. The van der Waals surface area contributed by atoms with E-state index in [1.807, 2.05) is 19.1 Å². The van der Waals surface area contributed by atoms with E-state index >= 15 is 0 Å². The monoisotopic (exact) mass is 519 g/mol. The predicted octanol–water partition coefficient (Wildman–Crippen LogP) is 4.84. The first-order chi connectivity index (χ1) is 17.8. The maximum atomic E-state index is 14.5. The molecule has 1 heterocycles. The number of hydrogen-bond acceptors (Lipinski definition) is 5. The van der Waals surface area contributed by atoms with Gasteiger partial charge in [0.05, 0.1) is 24.3 Å². The standard InChI is InChI=1S/C28H26FN3O4S/c1-3-36-27(35)19-10-12-21(13-11-19)30-25(33)16-24-26(34)32(22-14-8-18(2)9-15-22)28(37)31(24)17-20-6-4-5-7-23(20)29/h4-15,24H,3,16-17H2,1-2H3,(H,30,33)/t24-/m0/s1. The average molecular weight is 520 g/mol. The number of hydrogen-bond donors (Lipinski definition) is 1. The number of amides is 2. The van der Waals surface area contributed by atoms with Crippen LogP contribution in [-0.4, -0.2) is 40.4 Å². The molecule has 0 bridgehead atoms. The molecule has 1 aliphatic heterocycles. The summed E-state index contributed by atoms with van der Waals surface area (Å²) >= 11 is 5.65. The first-order valence-electron chi connectivity index (χ1n) is 11.8. The molecular weight excluding hydrogens is 493 g/mol. The molecule has 0 aliphatic carbocycles. The van der Waals surface area contributed by atoms with Gasteiger partial charge in [-0.25, -0.2) is 9.18 Å². The molecular formula is C28H26FN3O4S. The second kappa shape index (κ2) is 11.3. The highest BCUT2D eigenvalue weighted by Gasteiger charge is 2.44. The van der Waals surface area contributed by atoms with E-state index in [4.69, 9.17) is 17.0 Å². The van der Waals surface area contributed by atoms with E-state index in [1.165, 1.54) is 11.0 Å². The Morgan fingerprint density at radius 1 is 1.03 bits per heavy atom. The molecule has 1 fully saturated rings. The molecule has 0 unspecified atom stereocenters. The van der Waals surface area contributed by atoms with Crippen molar-refractivity contribution in [2.75, 3.05) is 16.8 Å². The van der Waals surface area contributed by atoms with Crippen LogP contribution in [0.15, 0.2) is 72.8 Å².